The van der Waals surface area contributed by atoms with Gasteiger partial charge in [-0.15, -0.1) is 0 Å². The highest BCUT2D eigenvalue weighted by molar-refractivity contribution is 9.10. The maximum absolute atomic E-state index is 11.3. The first-order chi connectivity index (χ1) is 8.49. The quantitative estimate of drug-likeness (QED) is 0.911. The fourth-order valence-corrected chi connectivity index (χ4v) is 3.06. The molecule has 1 aromatic heterocycles. The van der Waals surface area contributed by atoms with E-state index in [1.165, 1.54) is 0 Å². The van der Waals surface area contributed by atoms with Crippen molar-refractivity contribution in [2.75, 3.05) is 11.4 Å². The van der Waals surface area contributed by atoms with Crippen LogP contribution in [0.3, 0.4) is 0 Å². The lowest BCUT2D eigenvalue weighted by Crippen LogP contribution is -2.46. The van der Waals surface area contributed by atoms with E-state index in [9.17, 15) is 4.79 Å². The Hall–Kier alpha value is -1.10. The summed E-state index contributed by atoms with van der Waals surface area (Å²) in [5.41, 5.74) is 6.53. The molecule has 2 N–H and O–H groups in total. The molecule has 0 spiro atoms. The summed E-state index contributed by atoms with van der Waals surface area (Å²) in [6, 6.07) is 2.43. The van der Waals surface area contributed by atoms with Crippen LogP contribution in [-0.4, -0.2) is 23.5 Å². The van der Waals surface area contributed by atoms with Crippen molar-refractivity contribution in [3.63, 3.8) is 0 Å². The van der Waals surface area contributed by atoms with Gasteiger partial charge in [0.2, 0.25) is 5.91 Å². The van der Waals surface area contributed by atoms with E-state index in [1.807, 2.05) is 19.2 Å². The maximum atomic E-state index is 11.3. The Kier molecular flexibility index (Phi) is 3.90. The predicted octanol–water partition coefficient (Wildman–Crippen LogP) is 2.24. The van der Waals surface area contributed by atoms with Crippen LogP contribution in [0, 0.1) is 12.8 Å². The van der Waals surface area contributed by atoms with Crippen LogP contribution in [0.25, 0.3) is 0 Å². The van der Waals surface area contributed by atoms with Gasteiger partial charge in [0.15, 0.2) is 0 Å². The highest BCUT2D eigenvalue weighted by Crippen LogP contribution is 2.31. The number of carbonyl (C=O) groups excluding carboxylic acids is 1. The van der Waals surface area contributed by atoms with Gasteiger partial charge in [0.1, 0.15) is 5.82 Å². The Morgan fingerprint density at radius 2 is 2.28 bits per heavy atom. The number of hydrogen-bond acceptors (Lipinski definition) is 3. The minimum absolute atomic E-state index is 0.0730. The largest absolute Gasteiger partial charge is 0.369 e. The van der Waals surface area contributed by atoms with Crippen LogP contribution < -0.4 is 10.6 Å². The monoisotopic (exact) mass is 311 g/mol. The van der Waals surface area contributed by atoms with Crippen LogP contribution in [-0.2, 0) is 4.79 Å². The van der Waals surface area contributed by atoms with Crippen LogP contribution in [0.4, 0.5) is 5.82 Å². The minimum atomic E-state index is -0.213. The number of nitrogens with two attached hydrogens (primary N) is 1. The van der Waals surface area contributed by atoms with Crippen molar-refractivity contribution in [1.82, 2.24) is 4.98 Å². The van der Waals surface area contributed by atoms with Gasteiger partial charge in [-0.1, -0.05) is 0 Å². The molecule has 1 amide bonds. The molecular weight excluding hydrogens is 294 g/mol. The highest BCUT2D eigenvalue weighted by Gasteiger charge is 2.30. The number of nitrogens with zero attached hydrogens (tertiary/aromatic N) is 2. The van der Waals surface area contributed by atoms with Gasteiger partial charge in [-0.05, 0) is 54.2 Å². The molecule has 0 saturated carbocycles. The van der Waals surface area contributed by atoms with Crippen molar-refractivity contribution in [3.8, 4) is 0 Å². The number of anilines is 1. The Morgan fingerprint density at radius 3 is 2.89 bits per heavy atom. The second-order valence-electron chi connectivity index (χ2n) is 5.00. The predicted molar refractivity (Wildman–Crippen MR) is 75.4 cm³/mol. The summed E-state index contributed by atoms with van der Waals surface area (Å²) >= 11 is 3.55. The van der Waals surface area contributed by atoms with Gasteiger partial charge in [0, 0.05) is 18.8 Å². The van der Waals surface area contributed by atoms with Gasteiger partial charge in [0.25, 0.3) is 0 Å². The molecule has 0 aromatic carbocycles. The molecule has 1 aromatic rings. The third-order valence-corrected chi connectivity index (χ3v) is 4.10. The maximum Gasteiger partial charge on any atom is 0.222 e. The summed E-state index contributed by atoms with van der Waals surface area (Å²) < 4.78 is 0.972. The molecule has 1 saturated heterocycles. The van der Waals surface area contributed by atoms with Gasteiger partial charge in [-0.2, -0.15) is 0 Å². The molecule has 2 heterocycles. The van der Waals surface area contributed by atoms with Gasteiger partial charge < -0.3 is 10.6 Å². The smallest absolute Gasteiger partial charge is 0.222 e. The van der Waals surface area contributed by atoms with Crippen molar-refractivity contribution < 1.29 is 4.79 Å². The lowest BCUT2D eigenvalue weighted by Gasteiger charge is -2.38. The molecule has 4 nitrogen and oxygen atoms in total. The van der Waals surface area contributed by atoms with E-state index in [4.69, 9.17) is 5.73 Å². The van der Waals surface area contributed by atoms with Crippen LogP contribution >= 0.6 is 15.9 Å². The molecule has 2 atom stereocenters. The average molecular weight is 312 g/mol. The first-order valence-electron chi connectivity index (χ1n) is 6.17. The van der Waals surface area contributed by atoms with Crippen molar-refractivity contribution in [3.05, 3.63) is 22.3 Å². The fraction of sp³-hybridized carbons (Fsp3) is 0.538. The lowest BCUT2D eigenvalue weighted by atomic mass is 9.93. The van der Waals surface area contributed by atoms with Gasteiger partial charge in [0.05, 0.1) is 10.4 Å². The number of hydrogen-bond donors (Lipinski definition) is 1. The van der Waals surface area contributed by atoms with E-state index in [0.29, 0.717) is 12.6 Å². The Morgan fingerprint density at radius 1 is 1.56 bits per heavy atom. The minimum Gasteiger partial charge on any atom is -0.369 e. The number of piperidine rings is 1. The van der Waals surface area contributed by atoms with Crippen LogP contribution in [0.15, 0.2) is 16.7 Å². The summed E-state index contributed by atoms with van der Waals surface area (Å²) in [6.07, 6.45) is 3.69. The van der Waals surface area contributed by atoms with E-state index in [2.05, 4.69) is 32.7 Å². The number of aromatic nitrogens is 1. The summed E-state index contributed by atoms with van der Waals surface area (Å²) in [5, 5.41) is 0. The molecule has 2 unspecified atom stereocenters. The molecular formula is C13H18BrN3O. The van der Waals surface area contributed by atoms with Crippen molar-refractivity contribution >= 4 is 27.7 Å². The summed E-state index contributed by atoms with van der Waals surface area (Å²) in [7, 11) is 0. The van der Waals surface area contributed by atoms with E-state index in [0.717, 1.165) is 28.7 Å². The van der Waals surface area contributed by atoms with Crippen LogP contribution in [0.5, 0.6) is 0 Å². The van der Waals surface area contributed by atoms with E-state index in [1.54, 1.807) is 0 Å². The van der Waals surface area contributed by atoms with Crippen molar-refractivity contribution in [1.29, 1.82) is 0 Å². The third-order valence-electron chi connectivity index (χ3n) is 3.51. The highest BCUT2D eigenvalue weighted by atomic mass is 79.9. The Labute approximate surface area is 116 Å². The van der Waals surface area contributed by atoms with Crippen molar-refractivity contribution in [2.24, 2.45) is 11.7 Å². The first-order valence-corrected chi connectivity index (χ1v) is 6.96. The van der Waals surface area contributed by atoms with E-state index >= 15 is 0 Å². The number of pyridine rings is 1. The number of halogens is 1. The van der Waals surface area contributed by atoms with Crippen molar-refractivity contribution in [2.45, 2.75) is 32.7 Å². The first kappa shape index (κ1) is 13.3. The molecule has 1 aliphatic heterocycles. The van der Waals surface area contributed by atoms with Crippen LogP contribution in [0.2, 0.25) is 0 Å². The molecule has 0 bridgehead atoms. The van der Waals surface area contributed by atoms with Crippen LogP contribution in [0.1, 0.15) is 25.3 Å². The topological polar surface area (TPSA) is 59.2 Å². The molecule has 0 radical (unpaired) electrons. The standard InChI is InChI=1S/C13H18BrN3O/c1-8-5-11(14)13(16-6-8)17-7-10(12(15)18)4-3-9(17)2/h5-6,9-10H,3-4,7H2,1-2H3,(H2,15,18). The normalized spacial score (nSPS) is 24.1. The molecule has 5 heteroatoms. The zero-order chi connectivity index (χ0) is 13.3. The number of aryl methyl sites for hydroxylation is 1. The zero-order valence-corrected chi connectivity index (χ0v) is 12.3. The summed E-state index contributed by atoms with van der Waals surface area (Å²) in [4.78, 5) is 18.0. The number of carbonyl (C=O) groups is 1. The number of primary amides is 1. The molecule has 1 aliphatic rings. The Bertz CT molecular complexity index is 464. The third kappa shape index (κ3) is 2.66. The fourth-order valence-electron chi connectivity index (χ4n) is 2.37. The second kappa shape index (κ2) is 5.26. The van der Waals surface area contributed by atoms with E-state index < -0.39 is 0 Å². The average Bonchev–Trinajstić information content (AvgIpc) is 2.30. The second-order valence-corrected chi connectivity index (χ2v) is 5.85. The Balaban J connectivity index is 2.26. The van der Waals surface area contributed by atoms with E-state index in [-0.39, 0.29) is 11.8 Å². The molecule has 98 valence electrons. The summed E-state index contributed by atoms with van der Waals surface area (Å²) in [6.45, 7) is 4.82. The molecule has 2 rings (SSSR count). The van der Waals surface area contributed by atoms with Gasteiger partial charge in [-0.3, -0.25) is 4.79 Å². The van der Waals surface area contributed by atoms with Gasteiger partial charge >= 0.3 is 0 Å². The zero-order valence-electron chi connectivity index (χ0n) is 10.7. The molecule has 0 aliphatic carbocycles. The lowest BCUT2D eigenvalue weighted by molar-refractivity contribution is -0.122. The molecule has 1 fully saturated rings. The number of rotatable bonds is 2. The molecule has 18 heavy (non-hydrogen) atoms. The van der Waals surface area contributed by atoms with Gasteiger partial charge in [-0.25, -0.2) is 4.98 Å². The summed E-state index contributed by atoms with van der Waals surface area (Å²) in [5.74, 6) is 0.616. The number of amides is 1. The SMILES string of the molecule is Cc1cnc(N2CC(C(N)=O)CCC2C)c(Br)c1.